The largest absolute Gasteiger partial charge is 0.495 e. The summed E-state index contributed by atoms with van der Waals surface area (Å²) in [6, 6.07) is 11.0. The first kappa shape index (κ1) is 17.2. The predicted octanol–water partition coefficient (Wildman–Crippen LogP) is 4.37. The van der Waals surface area contributed by atoms with Crippen LogP contribution >= 0.6 is 11.6 Å². The van der Waals surface area contributed by atoms with E-state index in [1.54, 1.807) is 26.2 Å². The Morgan fingerprint density at radius 2 is 1.74 bits per heavy atom. The molecule has 0 bridgehead atoms. The molecule has 2 aromatic carbocycles. The molecule has 2 aromatic rings. The fourth-order valence-electron chi connectivity index (χ4n) is 2.10. The first-order valence-corrected chi connectivity index (χ1v) is 7.67. The number of methoxy groups -OCH3 is 1. The average molecular weight is 334 g/mol. The number of amides is 1. The van der Waals surface area contributed by atoms with Crippen LogP contribution in [0.25, 0.3) is 0 Å². The van der Waals surface area contributed by atoms with Gasteiger partial charge in [0.25, 0.3) is 5.91 Å². The van der Waals surface area contributed by atoms with Gasteiger partial charge >= 0.3 is 0 Å². The lowest BCUT2D eigenvalue weighted by Gasteiger charge is -2.17. The molecule has 0 aromatic heterocycles. The van der Waals surface area contributed by atoms with Crippen molar-refractivity contribution in [2.75, 3.05) is 12.4 Å². The fraction of sp³-hybridized carbons (Fsp3) is 0.278. The summed E-state index contributed by atoms with van der Waals surface area (Å²) in [5, 5.41) is 3.30. The van der Waals surface area contributed by atoms with E-state index in [0.717, 1.165) is 11.1 Å². The third-order valence-electron chi connectivity index (χ3n) is 3.37. The van der Waals surface area contributed by atoms with Crippen LogP contribution in [0, 0.1) is 13.8 Å². The third-order valence-corrected chi connectivity index (χ3v) is 3.68. The average Bonchev–Trinajstić information content (AvgIpc) is 2.51. The number of ether oxygens (including phenoxy) is 2. The lowest BCUT2D eigenvalue weighted by molar-refractivity contribution is -0.122. The van der Waals surface area contributed by atoms with Crippen LogP contribution < -0.4 is 14.8 Å². The smallest absolute Gasteiger partial charge is 0.265 e. The number of carbonyl (C=O) groups excluding carboxylic acids is 1. The van der Waals surface area contributed by atoms with Crippen LogP contribution in [0.5, 0.6) is 11.5 Å². The number of rotatable bonds is 5. The van der Waals surface area contributed by atoms with Gasteiger partial charge in [0.15, 0.2) is 6.10 Å². The van der Waals surface area contributed by atoms with Crippen molar-refractivity contribution in [3.8, 4) is 11.5 Å². The van der Waals surface area contributed by atoms with Crippen LogP contribution in [0.2, 0.25) is 5.02 Å². The lowest BCUT2D eigenvalue weighted by Crippen LogP contribution is -2.30. The van der Waals surface area contributed by atoms with Gasteiger partial charge in [-0.25, -0.2) is 0 Å². The Labute approximate surface area is 141 Å². The molecule has 0 aliphatic carbocycles. The van der Waals surface area contributed by atoms with Crippen molar-refractivity contribution in [1.82, 2.24) is 0 Å². The molecule has 1 amide bonds. The van der Waals surface area contributed by atoms with Gasteiger partial charge < -0.3 is 14.8 Å². The second-order valence-corrected chi connectivity index (χ2v) is 5.79. The minimum atomic E-state index is -0.695. The van der Waals surface area contributed by atoms with E-state index >= 15 is 0 Å². The minimum absolute atomic E-state index is 0.272. The van der Waals surface area contributed by atoms with E-state index in [9.17, 15) is 4.79 Å². The van der Waals surface area contributed by atoms with Crippen LogP contribution in [0.4, 0.5) is 5.69 Å². The third kappa shape index (κ3) is 4.39. The summed E-state index contributed by atoms with van der Waals surface area (Å²) < 4.78 is 10.9. The second-order valence-electron chi connectivity index (χ2n) is 5.39. The molecule has 1 unspecified atom stereocenters. The number of benzene rings is 2. The quantitative estimate of drug-likeness (QED) is 0.883. The zero-order chi connectivity index (χ0) is 17.0. The summed E-state index contributed by atoms with van der Waals surface area (Å²) in [7, 11) is 1.56. The molecule has 5 heteroatoms. The SMILES string of the molecule is COc1ccc(C)cc1NC(=O)C(C)Oc1cc(C)ccc1Cl. The van der Waals surface area contributed by atoms with E-state index in [4.69, 9.17) is 21.1 Å². The maximum atomic E-state index is 12.4. The Morgan fingerprint density at radius 1 is 1.09 bits per heavy atom. The van der Waals surface area contributed by atoms with E-state index in [0.29, 0.717) is 22.2 Å². The number of anilines is 1. The lowest BCUT2D eigenvalue weighted by atomic mass is 10.2. The standard InChI is InChI=1S/C18H20ClNO3/c1-11-6-8-16(22-4)15(9-11)20-18(21)13(3)23-17-10-12(2)5-7-14(17)19/h5-10,13H,1-4H3,(H,20,21). The topological polar surface area (TPSA) is 47.6 Å². The molecule has 23 heavy (non-hydrogen) atoms. The number of hydrogen-bond donors (Lipinski definition) is 1. The van der Waals surface area contributed by atoms with Gasteiger partial charge in [0.1, 0.15) is 11.5 Å². The van der Waals surface area contributed by atoms with E-state index in [-0.39, 0.29) is 5.91 Å². The van der Waals surface area contributed by atoms with E-state index < -0.39 is 6.10 Å². The van der Waals surface area contributed by atoms with Gasteiger partial charge in [-0.1, -0.05) is 23.7 Å². The molecule has 0 heterocycles. The van der Waals surface area contributed by atoms with Crippen LogP contribution in [0.15, 0.2) is 36.4 Å². The summed E-state index contributed by atoms with van der Waals surface area (Å²) in [6.45, 7) is 5.56. The van der Waals surface area contributed by atoms with Crippen LogP contribution in [0.1, 0.15) is 18.1 Å². The normalized spacial score (nSPS) is 11.7. The van der Waals surface area contributed by atoms with E-state index in [2.05, 4.69) is 5.32 Å². The van der Waals surface area contributed by atoms with Gasteiger partial charge in [0.05, 0.1) is 17.8 Å². The molecule has 1 atom stereocenters. The molecule has 0 spiro atoms. The monoisotopic (exact) mass is 333 g/mol. The summed E-state index contributed by atoms with van der Waals surface area (Å²) >= 11 is 6.10. The highest BCUT2D eigenvalue weighted by Gasteiger charge is 2.18. The number of halogens is 1. The van der Waals surface area contributed by atoms with Crippen molar-refractivity contribution in [3.05, 3.63) is 52.5 Å². The first-order valence-electron chi connectivity index (χ1n) is 7.29. The van der Waals surface area contributed by atoms with Gasteiger partial charge in [-0.05, 0) is 56.2 Å². The summed E-state index contributed by atoms with van der Waals surface area (Å²) in [4.78, 5) is 12.4. The van der Waals surface area contributed by atoms with Crippen LogP contribution in [-0.4, -0.2) is 19.1 Å². The number of carbonyl (C=O) groups is 1. The molecule has 0 radical (unpaired) electrons. The maximum absolute atomic E-state index is 12.4. The van der Waals surface area contributed by atoms with Crippen molar-refractivity contribution in [2.24, 2.45) is 0 Å². The van der Waals surface area contributed by atoms with Crippen LogP contribution in [0.3, 0.4) is 0 Å². The highest BCUT2D eigenvalue weighted by molar-refractivity contribution is 6.32. The molecule has 0 fully saturated rings. The molecule has 4 nitrogen and oxygen atoms in total. The van der Waals surface area contributed by atoms with Crippen molar-refractivity contribution in [3.63, 3.8) is 0 Å². The van der Waals surface area contributed by atoms with Crippen molar-refractivity contribution < 1.29 is 14.3 Å². The molecule has 122 valence electrons. The van der Waals surface area contributed by atoms with Gasteiger partial charge in [0, 0.05) is 0 Å². The Morgan fingerprint density at radius 3 is 2.43 bits per heavy atom. The molecule has 0 aliphatic heterocycles. The molecule has 0 saturated heterocycles. The summed E-state index contributed by atoms with van der Waals surface area (Å²) in [6.07, 6.45) is -0.695. The predicted molar refractivity (Wildman–Crippen MR) is 92.6 cm³/mol. The number of nitrogens with one attached hydrogen (secondary N) is 1. The van der Waals surface area contributed by atoms with Crippen LogP contribution in [-0.2, 0) is 4.79 Å². The zero-order valence-electron chi connectivity index (χ0n) is 13.6. The van der Waals surface area contributed by atoms with Gasteiger partial charge in [-0.2, -0.15) is 0 Å². The zero-order valence-corrected chi connectivity index (χ0v) is 14.4. The molecule has 2 rings (SSSR count). The Bertz CT molecular complexity index is 715. The summed E-state index contributed by atoms with van der Waals surface area (Å²) in [5.74, 6) is 0.821. The molecule has 0 aliphatic rings. The molecular formula is C18H20ClNO3. The second kappa shape index (κ2) is 7.38. The molecular weight excluding hydrogens is 314 g/mol. The highest BCUT2D eigenvalue weighted by Crippen LogP contribution is 2.28. The van der Waals surface area contributed by atoms with Crippen molar-refractivity contribution in [2.45, 2.75) is 26.9 Å². The summed E-state index contributed by atoms with van der Waals surface area (Å²) in [5.41, 5.74) is 2.65. The number of hydrogen-bond acceptors (Lipinski definition) is 3. The number of aryl methyl sites for hydroxylation is 2. The fourth-order valence-corrected chi connectivity index (χ4v) is 2.26. The van der Waals surface area contributed by atoms with E-state index in [1.807, 2.05) is 38.1 Å². The molecule has 0 saturated carbocycles. The van der Waals surface area contributed by atoms with Gasteiger partial charge in [-0.15, -0.1) is 0 Å². The van der Waals surface area contributed by atoms with E-state index in [1.165, 1.54) is 0 Å². The van der Waals surface area contributed by atoms with Gasteiger partial charge in [0.2, 0.25) is 0 Å². The van der Waals surface area contributed by atoms with Crippen molar-refractivity contribution >= 4 is 23.2 Å². The molecule has 1 N–H and O–H groups in total. The van der Waals surface area contributed by atoms with Crippen molar-refractivity contribution in [1.29, 1.82) is 0 Å². The first-order chi connectivity index (χ1) is 10.9. The Balaban J connectivity index is 2.11. The highest BCUT2D eigenvalue weighted by atomic mass is 35.5. The van der Waals surface area contributed by atoms with Gasteiger partial charge in [-0.3, -0.25) is 4.79 Å². The Hall–Kier alpha value is -2.20. The maximum Gasteiger partial charge on any atom is 0.265 e. The minimum Gasteiger partial charge on any atom is -0.495 e. The Kier molecular flexibility index (Phi) is 5.50.